The van der Waals surface area contributed by atoms with E-state index in [9.17, 15) is 4.79 Å². The molecule has 0 amide bonds. The summed E-state index contributed by atoms with van der Waals surface area (Å²) in [5.41, 5.74) is 0.378. The van der Waals surface area contributed by atoms with E-state index < -0.39 is 0 Å². The van der Waals surface area contributed by atoms with Crippen LogP contribution >= 0.6 is 0 Å². The Morgan fingerprint density at radius 2 is 1.40 bits per heavy atom. The Morgan fingerprint density at radius 1 is 0.800 bits per heavy atom. The second kappa shape index (κ2) is 13.3. The highest BCUT2D eigenvalue weighted by molar-refractivity contribution is 5.80. The Balaban J connectivity index is 1.19. The van der Waals surface area contributed by atoms with Crippen LogP contribution in [0.25, 0.3) is 0 Å². The van der Waals surface area contributed by atoms with Gasteiger partial charge in [0, 0.05) is 52.2 Å². The molecule has 6 heteroatoms. The van der Waals surface area contributed by atoms with Gasteiger partial charge in [0.25, 0.3) is 0 Å². The number of ketones is 1. The molecule has 3 aliphatic rings. The van der Waals surface area contributed by atoms with Gasteiger partial charge in [0.1, 0.15) is 5.78 Å². The van der Waals surface area contributed by atoms with Gasteiger partial charge in [-0.2, -0.15) is 0 Å². The predicted molar refractivity (Wildman–Crippen MR) is 144 cm³/mol. The van der Waals surface area contributed by atoms with Gasteiger partial charge >= 0.3 is 0 Å². The van der Waals surface area contributed by atoms with Crippen molar-refractivity contribution in [3.8, 4) is 0 Å². The molecule has 1 aliphatic carbocycles. The highest BCUT2D eigenvalue weighted by Gasteiger charge is 2.34. The molecule has 2 saturated heterocycles. The zero-order valence-electron chi connectivity index (χ0n) is 23.8. The summed E-state index contributed by atoms with van der Waals surface area (Å²) in [7, 11) is 0. The van der Waals surface area contributed by atoms with Crippen LogP contribution in [0.4, 0.5) is 0 Å². The monoisotopic (exact) mass is 493 g/mol. The van der Waals surface area contributed by atoms with Crippen molar-refractivity contribution in [2.45, 2.75) is 104 Å². The van der Waals surface area contributed by atoms with Crippen LogP contribution in [0.3, 0.4) is 0 Å². The summed E-state index contributed by atoms with van der Waals surface area (Å²) in [6.45, 7) is 23.4. The number of nitrogens with zero attached hydrogens (tertiary/aromatic N) is 3. The van der Waals surface area contributed by atoms with Gasteiger partial charge in [0.15, 0.2) is 0 Å². The first-order chi connectivity index (χ1) is 16.4. The second-order valence-electron chi connectivity index (χ2n) is 13.6. The summed E-state index contributed by atoms with van der Waals surface area (Å²) in [5, 5.41) is 0. The van der Waals surface area contributed by atoms with E-state index in [-0.39, 0.29) is 5.60 Å². The molecule has 2 heterocycles. The summed E-state index contributed by atoms with van der Waals surface area (Å²) in [5.74, 6) is 0.961. The van der Waals surface area contributed by atoms with Gasteiger partial charge in [-0.3, -0.25) is 14.6 Å². The number of piperazine rings is 1. The lowest BCUT2D eigenvalue weighted by molar-refractivity contribution is -0.126. The fraction of sp³-hybridized carbons (Fsp3) is 0.966. The van der Waals surface area contributed by atoms with Gasteiger partial charge in [-0.25, -0.2) is 0 Å². The Kier molecular flexibility index (Phi) is 11.0. The van der Waals surface area contributed by atoms with Crippen molar-refractivity contribution in [1.29, 1.82) is 0 Å². The first-order valence-corrected chi connectivity index (χ1v) is 14.4. The number of hydrogen-bond acceptors (Lipinski definition) is 6. The number of ether oxygens (including phenoxy) is 2. The Bertz CT molecular complexity index is 620. The maximum atomic E-state index is 12.6. The van der Waals surface area contributed by atoms with Gasteiger partial charge in [-0.1, -0.05) is 20.8 Å². The summed E-state index contributed by atoms with van der Waals surface area (Å²) in [4.78, 5) is 20.1. The maximum absolute atomic E-state index is 12.6. The molecule has 0 aromatic heterocycles. The molecule has 6 nitrogen and oxygen atoms in total. The van der Waals surface area contributed by atoms with Crippen molar-refractivity contribution in [3.63, 3.8) is 0 Å². The van der Waals surface area contributed by atoms with Crippen molar-refractivity contribution in [2.24, 2.45) is 11.3 Å². The molecule has 35 heavy (non-hydrogen) atoms. The fourth-order valence-corrected chi connectivity index (χ4v) is 5.61. The molecule has 0 bridgehead atoms. The highest BCUT2D eigenvalue weighted by atomic mass is 16.5. The lowest BCUT2D eigenvalue weighted by Crippen LogP contribution is -2.49. The van der Waals surface area contributed by atoms with Crippen LogP contribution < -0.4 is 0 Å². The Morgan fingerprint density at radius 3 is 2.00 bits per heavy atom. The number of hydrogen-bond donors (Lipinski definition) is 0. The van der Waals surface area contributed by atoms with Crippen LogP contribution in [0.15, 0.2) is 0 Å². The first-order valence-electron chi connectivity index (χ1n) is 14.4. The van der Waals surface area contributed by atoms with Crippen LogP contribution in [0.5, 0.6) is 0 Å². The van der Waals surface area contributed by atoms with Gasteiger partial charge in [0.2, 0.25) is 0 Å². The van der Waals surface area contributed by atoms with Crippen molar-refractivity contribution >= 4 is 5.78 Å². The smallest absolute Gasteiger partial charge is 0.147 e. The zero-order chi connectivity index (χ0) is 25.5. The van der Waals surface area contributed by atoms with Crippen molar-refractivity contribution in [3.05, 3.63) is 0 Å². The molecule has 0 N–H and O–H groups in total. The molecule has 0 spiro atoms. The molecule has 3 rings (SSSR count). The van der Waals surface area contributed by atoms with Crippen LogP contribution in [0.1, 0.15) is 86.5 Å². The summed E-state index contributed by atoms with van der Waals surface area (Å²) < 4.78 is 12.2. The van der Waals surface area contributed by atoms with Crippen LogP contribution in [-0.4, -0.2) is 104 Å². The largest absolute Gasteiger partial charge is 0.375 e. The van der Waals surface area contributed by atoms with Gasteiger partial charge in [0.05, 0.1) is 31.0 Å². The molecular weight excluding hydrogens is 438 g/mol. The van der Waals surface area contributed by atoms with E-state index in [0.717, 1.165) is 58.6 Å². The third-order valence-electron chi connectivity index (χ3n) is 7.84. The molecular formula is C29H55N3O3. The topological polar surface area (TPSA) is 45.2 Å². The molecule has 0 aromatic carbocycles. The van der Waals surface area contributed by atoms with E-state index in [0.29, 0.717) is 35.9 Å². The average Bonchev–Trinajstić information content (AvgIpc) is 2.73. The molecule has 3 fully saturated rings. The standard InChI is InChI=1S/C29H55N3O3/c1-28(2,3)10-7-11-30-12-8-26(9-13-30)35-27-21-24(22-27)20-25(33)23-32-16-14-31(15-17-32)18-19-34-29(4,5)6/h24,26-27H,7-23H2,1-6H3. The summed E-state index contributed by atoms with van der Waals surface area (Å²) in [6, 6.07) is 0. The van der Waals surface area contributed by atoms with E-state index in [1.165, 1.54) is 45.3 Å². The van der Waals surface area contributed by atoms with Crippen LogP contribution in [0, 0.1) is 11.3 Å². The fourth-order valence-electron chi connectivity index (χ4n) is 5.61. The minimum Gasteiger partial charge on any atom is -0.375 e. The van der Waals surface area contributed by atoms with E-state index in [1.54, 1.807) is 0 Å². The van der Waals surface area contributed by atoms with Crippen LogP contribution in [-0.2, 0) is 14.3 Å². The van der Waals surface area contributed by atoms with Gasteiger partial charge < -0.3 is 14.4 Å². The van der Waals surface area contributed by atoms with Gasteiger partial charge in [-0.15, -0.1) is 0 Å². The molecule has 1 saturated carbocycles. The van der Waals surface area contributed by atoms with Crippen molar-refractivity contribution in [1.82, 2.24) is 14.7 Å². The average molecular weight is 494 g/mol. The highest BCUT2D eigenvalue weighted by Crippen LogP contribution is 2.35. The van der Waals surface area contributed by atoms with Crippen LogP contribution in [0.2, 0.25) is 0 Å². The van der Waals surface area contributed by atoms with Crippen molar-refractivity contribution < 1.29 is 14.3 Å². The minimum atomic E-state index is -0.0663. The normalized spacial score (nSPS) is 26.1. The zero-order valence-corrected chi connectivity index (χ0v) is 23.8. The Hall–Kier alpha value is -0.530. The third-order valence-corrected chi connectivity index (χ3v) is 7.84. The van der Waals surface area contributed by atoms with E-state index in [4.69, 9.17) is 9.47 Å². The molecule has 0 aromatic rings. The van der Waals surface area contributed by atoms with Gasteiger partial charge in [-0.05, 0) is 77.2 Å². The number of carbonyl (C=O) groups is 1. The summed E-state index contributed by atoms with van der Waals surface area (Å²) in [6.07, 6.45) is 8.67. The Labute approximate surface area is 216 Å². The summed E-state index contributed by atoms with van der Waals surface area (Å²) >= 11 is 0. The lowest BCUT2D eigenvalue weighted by Gasteiger charge is -2.40. The SMILES string of the molecule is CC(C)(C)CCCN1CCC(OC2CC(CC(=O)CN3CCN(CCOC(C)(C)C)CC3)C2)CC1. The number of rotatable bonds is 12. The number of Topliss-reactive ketones (excluding diaryl/α,β-unsaturated/α-hetero) is 1. The lowest BCUT2D eigenvalue weighted by atomic mass is 9.78. The molecule has 0 unspecified atom stereocenters. The first kappa shape index (κ1) is 29.0. The van der Waals surface area contributed by atoms with E-state index in [2.05, 4.69) is 56.2 Å². The third kappa shape index (κ3) is 11.6. The quantitative estimate of drug-likeness (QED) is 0.400. The van der Waals surface area contributed by atoms with E-state index >= 15 is 0 Å². The van der Waals surface area contributed by atoms with E-state index in [1.807, 2.05) is 0 Å². The number of carbonyl (C=O) groups excluding carboxylic acids is 1. The predicted octanol–water partition coefficient (Wildman–Crippen LogP) is 4.46. The molecule has 0 radical (unpaired) electrons. The molecule has 2 aliphatic heterocycles. The van der Waals surface area contributed by atoms with Crippen molar-refractivity contribution in [2.75, 3.05) is 65.5 Å². The molecule has 0 atom stereocenters. The number of likely N-dealkylation sites (tertiary alicyclic amines) is 1. The number of piperidine rings is 1. The molecule has 204 valence electrons. The second-order valence-corrected chi connectivity index (χ2v) is 13.6. The maximum Gasteiger partial charge on any atom is 0.147 e. The minimum absolute atomic E-state index is 0.0663.